The van der Waals surface area contributed by atoms with Gasteiger partial charge in [0.05, 0.1) is 28.6 Å². The van der Waals surface area contributed by atoms with Gasteiger partial charge in [-0.25, -0.2) is 4.98 Å². The maximum atomic E-state index is 12.4. The van der Waals surface area contributed by atoms with Gasteiger partial charge in [-0.05, 0) is 31.5 Å². The number of carbonyl (C=O) groups excluding carboxylic acids is 1. The predicted molar refractivity (Wildman–Crippen MR) is 101 cm³/mol. The third-order valence-electron chi connectivity index (χ3n) is 4.33. The number of fused-ring (bicyclic) bond motifs is 1. The van der Waals surface area contributed by atoms with E-state index in [-0.39, 0.29) is 11.3 Å². The Balaban J connectivity index is 1.64. The average molecular weight is 368 g/mol. The number of nitrogens with zero attached hydrogens (tertiary/aromatic N) is 3. The fraction of sp³-hybridized carbons (Fsp3) is 0.263. The highest BCUT2D eigenvalue weighted by Crippen LogP contribution is 2.24. The number of rotatable bonds is 7. The molecule has 0 fully saturated rings. The molecule has 0 aliphatic rings. The highest BCUT2D eigenvalue weighted by Gasteiger charge is 2.17. The van der Waals surface area contributed by atoms with Crippen LogP contribution >= 0.6 is 0 Å². The number of non-ortho nitro benzene ring substituents is 1. The summed E-state index contributed by atoms with van der Waals surface area (Å²) in [6.45, 7) is 3.09. The third kappa shape index (κ3) is 3.89. The summed E-state index contributed by atoms with van der Waals surface area (Å²) in [5.41, 5.74) is 2.00. The van der Waals surface area contributed by atoms with E-state index in [9.17, 15) is 14.9 Å². The summed E-state index contributed by atoms with van der Waals surface area (Å²) in [5, 5.41) is 13.7. The number of amides is 1. The molecule has 0 saturated carbocycles. The second-order valence-electron chi connectivity index (χ2n) is 6.05. The Morgan fingerprint density at radius 1 is 1.30 bits per heavy atom. The van der Waals surface area contributed by atoms with Crippen molar-refractivity contribution in [1.82, 2.24) is 14.9 Å². The molecule has 0 unspecified atom stereocenters. The number of nitro benzene ring substituents is 1. The first kappa shape index (κ1) is 18.4. The molecular weight excluding hydrogens is 348 g/mol. The third-order valence-corrected chi connectivity index (χ3v) is 4.33. The van der Waals surface area contributed by atoms with E-state index in [1.54, 1.807) is 0 Å². The number of carbonyl (C=O) groups is 1. The maximum absolute atomic E-state index is 12.4. The van der Waals surface area contributed by atoms with Gasteiger partial charge in [-0.3, -0.25) is 14.9 Å². The molecule has 0 spiro atoms. The standard InChI is InChI=1S/C19H20N4O4/c1-13-21-16-6-3-4-7-17(16)22(13)11-5-10-20-19(24)15-12-14(23(25)26)8-9-18(15)27-2/h3-4,6-9,12H,5,10-11H2,1-2H3,(H,20,24). The Labute approximate surface area is 155 Å². The number of aryl methyl sites for hydroxylation is 2. The van der Waals surface area contributed by atoms with Crippen LogP contribution in [0.3, 0.4) is 0 Å². The number of benzene rings is 2. The molecule has 0 atom stereocenters. The molecule has 8 heteroatoms. The summed E-state index contributed by atoms with van der Waals surface area (Å²) in [6.07, 6.45) is 0.699. The molecule has 27 heavy (non-hydrogen) atoms. The van der Waals surface area contributed by atoms with Crippen molar-refractivity contribution in [3.05, 3.63) is 64.0 Å². The van der Waals surface area contributed by atoms with Crippen LogP contribution in [0.15, 0.2) is 42.5 Å². The van der Waals surface area contributed by atoms with Gasteiger partial charge < -0.3 is 14.6 Å². The van der Waals surface area contributed by atoms with Gasteiger partial charge in [0.1, 0.15) is 11.6 Å². The summed E-state index contributed by atoms with van der Waals surface area (Å²) < 4.78 is 7.24. The van der Waals surface area contributed by atoms with Gasteiger partial charge in [-0.1, -0.05) is 12.1 Å². The van der Waals surface area contributed by atoms with E-state index >= 15 is 0 Å². The molecule has 2 aromatic carbocycles. The zero-order valence-corrected chi connectivity index (χ0v) is 15.1. The van der Waals surface area contributed by atoms with Crippen molar-refractivity contribution < 1.29 is 14.5 Å². The molecule has 0 bridgehead atoms. The highest BCUT2D eigenvalue weighted by atomic mass is 16.6. The molecule has 0 aliphatic carbocycles. The lowest BCUT2D eigenvalue weighted by molar-refractivity contribution is -0.384. The minimum absolute atomic E-state index is 0.149. The lowest BCUT2D eigenvalue weighted by Gasteiger charge is -2.10. The molecular formula is C19H20N4O4. The molecule has 0 radical (unpaired) electrons. The average Bonchev–Trinajstić information content (AvgIpc) is 2.99. The number of ether oxygens (including phenoxy) is 1. The molecule has 8 nitrogen and oxygen atoms in total. The monoisotopic (exact) mass is 368 g/mol. The van der Waals surface area contributed by atoms with Crippen LogP contribution in [-0.4, -0.2) is 34.0 Å². The van der Waals surface area contributed by atoms with Crippen molar-refractivity contribution in [2.24, 2.45) is 0 Å². The van der Waals surface area contributed by atoms with E-state index in [0.29, 0.717) is 25.3 Å². The normalized spacial score (nSPS) is 10.7. The maximum Gasteiger partial charge on any atom is 0.270 e. The Morgan fingerprint density at radius 2 is 2.07 bits per heavy atom. The fourth-order valence-electron chi connectivity index (χ4n) is 3.00. The number of para-hydroxylation sites is 2. The predicted octanol–water partition coefficient (Wildman–Crippen LogP) is 3.08. The molecule has 3 rings (SSSR count). The van der Waals surface area contributed by atoms with Crippen molar-refractivity contribution >= 4 is 22.6 Å². The zero-order chi connectivity index (χ0) is 19.4. The van der Waals surface area contributed by atoms with Crippen LogP contribution in [-0.2, 0) is 6.54 Å². The first-order chi connectivity index (χ1) is 13.0. The molecule has 1 heterocycles. The summed E-state index contributed by atoms with van der Waals surface area (Å²) >= 11 is 0. The summed E-state index contributed by atoms with van der Waals surface area (Å²) in [6, 6.07) is 11.9. The Hall–Kier alpha value is -3.42. The minimum Gasteiger partial charge on any atom is -0.496 e. The number of imidazole rings is 1. The number of aromatic nitrogens is 2. The van der Waals surface area contributed by atoms with Gasteiger partial charge in [0.25, 0.3) is 11.6 Å². The minimum atomic E-state index is -0.539. The largest absolute Gasteiger partial charge is 0.496 e. The van der Waals surface area contributed by atoms with Crippen molar-refractivity contribution in [1.29, 1.82) is 0 Å². The number of hydrogen-bond acceptors (Lipinski definition) is 5. The SMILES string of the molecule is COc1ccc([N+](=O)[O-])cc1C(=O)NCCCn1c(C)nc2ccccc21. The quantitative estimate of drug-likeness (QED) is 0.392. The van der Waals surface area contributed by atoms with Crippen molar-refractivity contribution in [2.45, 2.75) is 19.9 Å². The second-order valence-corrected chi connectivity index (χ2v) is 6.05. The van der Waals surface area contributed by atoms with Gasteiger partial charge in [0.2, 0.25) is 0 Å². The molecule has 1 aromatic heterocycles. The molecule has 140 valence electrons. The Morgan fingerprint density at radius 3 is 2.81 bits per heavy atom. The van der Waals surface area contributed by atoms with Gasteiger partial charge in [0, 0.05) is 25.2 Å². The molecule has 0 saturated heterocycles. The summed E-state index contributed by atoms with van der Waals surface area (Å²) in [7, 11) is 1.42. The number of methoxy groups -OCH3 is 1. The van der Waals surface area contributed by atoms with Gasteiger partial charge in [0.15, 0.2) is 0 Å². The van der Waals surface area contributed by atoms with Crippen LogP contribution in [0.5, 0.6) is 5.75 Å². The second kappa shape index (κ2) is 7.86. The molecule has 1 amide bonds. The lowest BCUT2D eigenvalue weighted by Crippen LogP contribution is -2.26. The van der Waals surface area contributed by atoms with Crippen molar-refractivity contribution in [3.63, 3.8) is 0 Å². The zero-order valence-electron chi connectivity index (χ0n) is 15.1. The van der Waals surface area contributed by atoms with E-state index in [1.165, 1.54) is 25.3 Å². The van der Waals surface area contributed by atoms with Crippen LogP contribution in [0.1, 0.15) is 22.6 Å². The summed E-state index contributed by atoms with van der Waals surface area (Å²) in [4.78, 5) is 27.3. The van der Waals surface area contributed by atoms with Crippen LogP contribution in [0, 0.1) is 17.0 Å². The van der Waals surface area contributed by atoms with Crippen LogP contribution in [0.2, 0.25) is 0 Å². The summed E-state index contributed by atoms with van der Waals surface area (Å²) in [5.74, 6) is 0.820. The van der Waals surface area contributed by atoms with Gasteiger partial charge >= 0.3 is 0 Å². The molecule has 0 aliphatic heterocycles. The van der Waals surface area contributed by atoms with Crippen molar-refractivity contribution in [2.75, 3.05) is 13.7 Å². The Bertz CT molecular complexity index is 997. The number of nitro groups is 1. The first-order valence-corrected chi connectivity index (χ1v) is 8.53. The topological polar surface area (TPSA) is 99.3 Å². The lowest BCUT2D eigenvalue weighted by atomic mass is 10.1. The van der Waals surface area contributed by atoms with Gasteiger partial charge in [-0.15, -0.1) is 0 Å². The molecule has 3 aromatic rings. The van der Waals surface area contributed by atoms with E-state index < -0.39 is 10.8 Å². The fourth-order valence-corrected chi connectivity index (χ4v) is 3.00. The smallest absolute Gasteiger partial charge is 0.270 e. The van der Waals surface area contributed by atoms with E-state index in [2.05, 4.69) is 14.9 Å². The number of hydrogen-bond donors (Lipinski definition) is 1. The van der Waals surface area contributed by atoms with Crippen molar-refractivity contribution in [3.8, 4) is 5.75 Å². The Kier molecular flexibility index (Phi) is 5.35. The number of nitrogens with one attached hydrogen (secondary N) is 1. The van der Waals surface area contributed by atoms with E-state index in [1.807, 2.05) is 31.2 Å². The van der Waals surface area contributed by atoms with E-state index in [0.717, 1.165) is 16.9 Å². The first-order valence-electron chi connectivity index (χ1n) is 8.53. The molecule has 1 N–H and O–H groups in total. The van der Waals surface area contributed by atoms with Crippen LogP contribution in [0.25, 0.3) is 11.0 Å². The van der Waals surface area contributed by atoms with Crippen LogP contribution < -0.4 is 10.1 Å². The van der Waals surface area contributed by atoms with Gasteiger partial charge in [-0.2, -0.15) is 0 Å². The van der Waals surface area contributed by atoms with Crippen LogP contribution in [0.4, 0.5) is 5.69 Å². The van der Waals surface area contributed by atoms with E-state index in [4.69, 9.17) is 4.74 Å². The highest BCUT2D eigenvalue weighted by molar-refractivity contribution is 5.97.